The van der Waals surface area contributed by atoms with Crippen LogP contribution in [0.25, 0.3) is 0 Å². The lowest BCUT2D eigenvalue weighted by Crippen LogP contribution is -2.39. The van der Waals surface area contributed by atoms with Crippen LogP contribution in [-0.2, 0) is 4.79 Å². The topological polar surface area (TPSA) is 66.5 Å². The highest BCUT2D eigenvalue weighted by Gasteiger charge is 2.26. The van der Waals surface area contributed by atoms with E-state index in [1.165, 1.54) is 30.4 Å². The number of carbonyl (C=O) groups excluding carboxylic acids is 3. The molecular weight excluding hydrogens is 391 g/mol. The van der Waals surface area contributed by atoms with Gasteiger partial charge < -0.3 is 10.2 Å². The van der Waals surface area contributed by atoms with Gasteiger partial charge in [0, 0.05) is 25.2 Å². The number of nitrogens with one attached hydrogen (secondary N) is 1. The number of aryl methyl sites for hydroxylation is 1. The summed E-state index contributed by atoms with van der Waals surface area (Å²) in [6, 6.07) is 7.70. The number of piperidine rings is 1. The number of amides is 2. The predicted molar refractivity (Wildman–Crippen MR) is 112 cm³/mol. The van der Waals surface area contributed by atoms with Crippen LogP contribution < -0.4 is 5.32 Å². The monoisotopic (exact) mass is 416 g/mol. The van der Waals surface area contributed by atoms with E-state index in [4.69, 9.17) is 0 Å². The molecule has 0 bridgehead atoms. The van der Waals surface area contributed by atoms with Crippen molar-refractivity contribution in [2.24, 2.45) is 5.92 Å². The van der Waals surface area contributed by atoms with Gasteiger partial charge in [0.1, 0.15) is 5.82 Å². The van der Waals surface area contributed by atoms with E-state index < -0.39 is 0 Å². The standard InChI is InChI=1S/C22H25FN2O3S/c1-14-12-17(23)6-7-18(14)24-21(27)10-5-16-4-3-11-25(13-16)22(28)20-9-8-19(29-20)15(2)26/h6-9,12,16H,3-5,10-11,13H2,1-2H3,(H,24,27). The highest BCUT2D eigenvalue weighted by molar-refractivity contribution is 7.15. The molecule has 1 unspecified atom stereocenters. The van der Waals surface area contributed by atoms with Crippen molar-refractivity contribution in [2.45, 2.75) is 39.5 Å². The minimum absolute atomic E-state index is 0.0343. The highest BCUT2D eigenvalue weighted by Crippen LogP contribution is 2.25. The summed E-state index contributed by atoms with van der Waals surface area (Å²) in [5.74, 6) is -0.243. The minimum atomic E-state index is -0.325. The lowest BCUT2D eigenvalue weighted by Gasteiger charge is -2.32. The third-order valence-corrected chi connectivity index (χ3v) is 6.39. The second kappa shape index (κ2) is 9.31. The molecule has 154 valence electrons. The van der Waals surface area contributed by atoms with Gasteiger partial charge in [-0.2, -0.15) is 0 Å². The van der Waals surface area contributed by atoms with E-state index in [9.17, 15) is 18.8 Å². The van der Waals surface area contributed by atoms with Crippen molar-refractivity contribution < 1.29 is 18.8 Å². The molecule has 1 aromatic carbocycles. The second-order valence-corrected chi connectivity index (χ2v) is 8.61. The predicted octanol–water partition coefficient (Wildman–Crippen LogP) is 4.67. The zero-order chi connectivity index (χ0) is 21.0. The average molecular weight is 417 g/mol. The number of carbonyl (C=O) groups is 3. The quantitative estimate of drug-likeness (QED) is 0.696. The van der Waals surface area contributed by atoms with Crippen molar-refractivity contribution in [1.29, 1.82) is 0 Å². The molecule has 1 atom stereocenters. The number of hydrogen-bond donors (Lipinski definition) is 1. The van der Waals surface area contributed by atoms with E-state index in [-0.39, 0.29) is 29.3 Å². The van der Waals surface area contributed by atoms with Gasteiger partial charge in [0.05, 0.1) is 9.75 Å². The van der Waals surface area contributed by atoms with E-state index in [0.717, 1.165) is 12.8 Å². The number of hydrogen-bond acceptors (Lipinski definition) is 4. The first-order valence-corrected chi connectivity index (χ1v) is 10.6. The molecule has 2 aromatic rings. The van der Waals surface area contributed by atoms with Gasteiger partial charge in [0.15, 0.2) is 5.78 Å². The fourth-order valence-corrected chi connectivity index (χ4v) is 4.47. The number of likely N-dealkylation sites (tertiary alicyclic amines) is 1. The largest absolute Gasteiger partial charge is 0.338 e. The van der Waals surface area contributed by atoms with Crippen molar-refractivity contribution in [3.8, 4) is 0 Å². The van der Waals surface area contributed by atoms with Crippen molar-refractivity contribution in [3.63, 3.8) is 0 Å². The molecule has 1 fully saturated rings. The van der Waals surface area contributed by atoms with Crippen molar-refractivity contribution in [3.05, 3.63) is 51.5 Å². The summed E-state index contributed by atoms with van der Waals surface area (Å²) in [7, 11) is 0. The van der Waals surface area contributed by atoms with E-state index in [2.05, 4.69) is 5.32 Å². The Labute approximate surface area is 173 Å². The van der Waals surface area contributed by atoms with Crippen LogP contribution in [0.3, 0.4) is 0 Å². The maximum absolute atomic E-state index is 13.2. The number of rotatable bonds is 6. The van der Waals surface area contributed by atoms with Crippen LogP contribution in [0.15, 0.2) is 30.3 Å². The molecule has 2 heterocycles. The zero-order valence-electron chi connectivity index (χ0n) is 16.7. The van der Waals surface area contributed by atoms with Crippen LogP contribution in [0.2, 0.25) is 0 Å². The Bertz CT molecular complexity index is 925. The first-order valence-electron chi connectivity index (χ1n) is 9.79. The number of thiophene rings is 1. The van der Waals surface area contributed by atoms with Crippen LogP contribution in [0.4, 0.5) is 10.1 Å². The van der Waals surface area contributed by atoms with E-state index in [1.54, 1.807) is 25.1 Å². The summed E-state index contributed by atoms with van der Waals surface area (Å²) in [6.07, 6.45) is 2.94. The molecule has 0 spiro atoms. The lowest BCUT2D eigenvalue weighted by atomic mass is 9.93. The smallest absolute Gasteiger partial charge is 0.263 e. The van der Waals surface area contributed by atoms with Crippen LogP contribution in [0, 0.1) is 18.7 Å². The molecule has 2 amide bonds. The number of ketones is 1. The summed E-state index contributed by atoms with van der Waals surface area (Å²) in [4.78, 5) is 39.5. The third-order valence-electron chi connectivity index (χ3n) is 5.21. The molecule has 0 saturated carbocycles. The maximum atomic E-state index is 13.2. The van der Waals surface area contributed by atoms with Gasteiger partial charge in [0.2, 0.25) is 5.91 Å². The number of halogens is 1. The minimum Gasteiger partial charge on any atom is -0.338 e. The Kier molecular flexibility index (Phi) is 6.79. The van der Waals surface area contributed by atoms with Crippen LogP contribution in [0.1, 0.15) is 57.5 Å². The second-order valence-electron chi connectivity index (χ2n) is 7.53. The number of benzene rings is 1. The Morgan fingerprint density at radius 1 is 1.21 bits per heavy atom. The van der Waals surface area contributed by atoms with Crippen molar-refractivity contribution in [1.82, 2.24) is 4.90 Å². The van der Waals surface area contributed by atoms with E-state index >= 15 is 0 Å². The molecule has 5 nitrogen and oxygen atoms in total. The number of anilines is 1. The summed E-state index contributed by atoms with van der Waals surface area (Å²) in [5.41, 5.74) is 1.31. The molecule has 0 radical (unpaired) electrons. The Hall–Kier alpha value is -2.54. The summed E-state index contributed by atoms with van der Waals surface area (Å²) in [5, 5.41) is 2.83. The van der Waals surface area contributed by atoms with Gasteiger partial charge >= 0.3 is 0 Å². The van der Waals surface area contributed by atoms with Gasteiger partial charge in [-0.25, -0.2) is 4.39 Å². The average Bonchev–Trinajstić information content (AvgIpc) is 3.19. The zero-order valence-corrected chi connectivity index (χ0v) is 17.5. The fourth-order valence-electron chi connectivity index (χ4n) is 3.60. The molecule has 7 heteroatoms. The van der Waals surface area contributed by atoms with Crippen LogP contribution in [-0.4, -0.2) is 35.6 Å². The molecule has 1 saturated heterocycles. The van der Waals surface area contributed by atoms with Gasteiger partial charge in [0.25, 0.3) is 5.91 Å². The Morgan fingerprint density at radius 2 is 1.97 bits per heavy atom. The molecule has 1 aromatic heterocycles. The lowest BCUT2D eigenvalue weighted by molar-refractivity contribution is -0.116. The van der Waals surface area contributed by atoms with Gasteiger partial charge in [-0.15, -0.1) is 11.3 Å². The molecule has 3 rings (SSSR count). The molecule has 0 aliphatic carbocycles. The fraction of sp³-hybridized carbons (Fsp3) is 0.409. The van der Waals surface area contributed by atoms with E-state index in [1.807, 2.05) is 4.90 Å². The van der Waals surface area contributed by atoms with Gasteiger partial charge in [-0.3, -0.25) is 14.4 Å². The molecular formula is C22H25FN2O3S. The summed E-state index contributed by atoms with van der Waals surface area (Å²) >= 11 is 1.23. The van der Waals surface area contributed by atoms with Gasteiger partial charge in [-0.1, -0.05) is 0 Å². The van der Waals surface area contributed by atoms with E-state index in [0.29, 0.717) is 46.9 Å². The van der Waals surface area contributed by atoms with Crippen molar-refractivity contribution in [2.75, 3.05) is 18.4 Å². The van der Waals surface area contributed by atoms with Crippen molar-refractivity contribution >= 4 is 34.6 Å². The Balaban J connectivity index is 1.52. The SMILES string of the molecule is CC(=O)c1ccc(C(=O)N2CCCC(CCC(=O)Nc3ccc(F)cc3C)C2)s1. The third kappa shape index (κ3) is 5.50. The molecule has 1 aliphatic heterocycles. The van der Waals surface area contributed by atoms with Crippen LogP contribution in [0.5, 0.6) is 0 Å². The summed E-state index contributed by atoms with van der Waals surface area (Å²) in [6.45, 7) is 4.57. The summed E-state index contributed by atoms with van der Waals surface area (Å²) < 4.78 is 13.2. The maximum Gasteiger partial charge on any atom is 0.263 e. The Morgan fingerprint density at radius 3 is 2.66 bits per heavy atom. The molecule has 1 N–H and O–H groups in total. The van der Waals surface area contributed by atoms with Crippen LogP contribution >= 0.6 is 11.3 Å². The molecule has 29 heavy (non-hydrogen) atoms. The first kappa shape index (κ1) is 21.2. The highest BCUT2D eigenvalue weighted by atomic mass is 32.1. The van der Waals surface area contributed by atoms with Gasteiger partial charge in [-0.05, 0) is 74.9 Å². The molecule has 1 aliphatic rings. The number of nitrogens with zero attached hydrogens (tertiary/aromatic N) is 1. The normalized spacial score (nSPS) is 16.5. The first-order chi connectivity index (χ1) is 13.8. The number of Topliss-reactive ketones (excluding diaryl/α,β-unsaturated/α-hetero) is 1.